The van der Waals surface area contributed by atoms with Gasteiger partial charge in [0.15, 0.2) is 11.3 Å². The van der Waals surface area contributed by atoms with E-state index in [2.05, 4.69) is 15.2 Å². The van der Waals surface area contributed by atoms with Gasteiger partial charge in [-0.25, -0.2) is 9.78 Å². The molecule has 2 aromatic heterocycles. The van der Waals surface area contributed by atoms with Crippen molar-refractivity contribution in [2.24, 2.45) is 0 Å². The molecule has 0 bridgehead atoms. The maximum Gasteiger partial charge on any atom is 0.354 e. The van der Waals surface area contributed by atoms with Gasteiger partial charge in [0.2, 0.25) is 0 Å². The van der Waals surface area contributed by atoms with E-state index >= 15 is 0 Å². The number of aromatic nitrogens is 3. The number of aromatic carboxylic acids is 1. The first-order valence-corrected chi connectivity index (χ1v) is 9.29. The van der Waals surface area contributed by atoms with Crippen LogP contribution in [0, 0.1) is 6.92 Å². The van der Waals surface area contributed by atoms with Gasteiger partial charge in [-0.1, -0.05) is 72.3 Å². The summed E-state index contributed by atoms with van der Waals surface area (Å²) < 4.78 is 0. The number of pyridine rings is 1. The van der Waals surface area contributed by atoms with Gasteiger partial charge in [0.05, 0.1) is 11.1 Å². The van der Waals surface area contributed by atoms with Gasteiger partial charge in [0, 0.05) is 5.56 Å². The number of carboxylic acid groups (broad SMARTS) is 1. The number of fused-ring (bicyclic) bond motifs is 2. The van der Waals surface area contributed by atoms with E-state index in [0.717, 1.165) is 44.1 Å². The second-order valence-electron chi connectivity index (χ2n) is 7.05. The fourth-order valence-electron chi connectivity index (χ4n) is 3.74. The molecule has 0 aliphatic carbocycles. The van der Waals surface area contributed by atoms with Crippen molar-refractivity contribution in [1.29, 1.82) is 0 Å². The molecule has 0 saturated heterocycles. The van der Waals surface area contributed by atoms with Gasteiger partial charge in [-0.3, -0.25) is 5.10 Å². The average Bonchev–Trinajstić information content (AvgIpc) is 3.17. The topological polar surface area (TPSA) is 78.9 Å². The lowest BCUT2D eigenvalue weighted by molar-refractivity contribution is 0.0691. The molecule has 2 N–H and O–H groups in total. The molecule has 29 heavy (non-hydrogen) atoms. The summed E-state index contributed by atoms with van der Waals surface area (Å²) in [6, 6.07) is 23.9. The minimum absolute atomic E-state index is 0.0256. The van der Waals surface area contributed by atoms with E-state index in [1.807, 2.05) is 73.7 Å². The molecular weight excluding hydrogens is 362 g/mol. The van der Waals surface area contributed by atoms with Gasteiger partial charge in [-0.15, -0.1) is 0 Å². The number of hydrogen-bond donors (Lipinski definition) is 2. The first kappa shape index (κ1) is 17.1. The monoisotopic (exact) mass is 379 g/mol. The van der Waals surface area contributed by atoms with E-state index in [-0.39, 0.29) is 5.69 Å². The van der Waals surface area contributed by atoms with Crippen LogP contribution in [0.1, 0.15) is 16.1 Å². The Morgan fingerprint density at radius 2 is 1.69 bits per heavy atom. The second-order valence-corrected chi connectivity index (χ2v) is 7.05. The SMILES string of the molecule is Cc1ccc(-c2[nH]nc3nc(C(=O)O)cc(-c4cccc5ccccc45)c23)cc1. The summed E-state index contributed by atoms with van der Waals surface area (Å²) in [6.07, 6.45) is 0. The van der Waals surface area contributed by atoms with E-state index < -0.39 is 5.97 Å². The summed E-state index contributed by atoms with van der Waals surface area (Å²) in [6.45, 7) is 2.04. The number of benzene rings is 3. The van der Waals surface area contributed by atoms with Crippen LogP contribution in [0.25, 0.3) is 44.2 Å². The maximum atomic E-state index is 11.7. The fraction of sp³-hybridized carbons (Fsp3) is 0.0417. The number of nitrogens with zero attached hydrogens (tertiary/aromatic N) is 2. The number of nitrogens with one attached hydrogen (secondary N) is 1. The Bertz CT molecular complexity index is 1380. The highest BCUT2D eigenvalue weighted by Crippen LogP contribution is 2.38. The largest absolute Gasteiger partial charge is 0.477 e. The molecular formula is C24H17N3O2. The molecule has 3 aromatic carbocycles. The molecule has 5 aromatic rings. The van der Waals surface area contributed by atoms with Gasteiger partial charge in [0.25, 0.3) is 0 Å². The van der Waals surface area contributed by atoms with Crippen LogP contribution in [-0.2, 0) is 0 Å². The van der Waals surface area contributed by atoms with E-state index in [1.165, 1.54) is 0 Å². The van der Waals surface area contributed by atoms with Crippen molar-refractivity contribution < 1.29 is 9.90 Å². The molecule has 5 rings (SSSR count). The number of aromatic amines is 1. The molecule has 0 fully saturated rings. The molecule has 5 nitrogen and oxygen atoms in total. The summed E-state index contributed by atoms with van der Waals surface area (Å²) >= 11 is 0. The van der Waals surface area contributed by atoms with Crippen molar-refractivity contribution in [2.45, 2.75) is 6.92 Å². The van der Waals surface area contributed by atoms with Crippen LogP contribution in [0.15, 0.2) is 72.8 Å². The van der Waals surface area contributed by atoms with E-state index in [0.29, 0.717) is 5.65 Å². The van der Waals surface area contributed by atoms with E-state index in [9.17, 15) is 9.90 Å². The van der Waals surface area contributed by atoms with Crippen LogP contribution >= 0.6 is 0 Å². The molecule has 140 valence electrons. The molecule has 2 heterocycles. The minimum Gasteiger partial charge on any atom is -0.477 e. The number of rotatable bonds is 3. The standard InChI is InChI=1S/C24H17N3O2/c1-14-9-11-16(12-10-14)22-21-19(13-20(24(28)29)25-23(21)27-26-22)18-8-4-6-15-5-2-3-7-17(15)18/h2-13H,1H3,(H,28,29)(H,25,26,27). The molecule has 0 aliphatic rings. The Morgan fingerprint density at radius 1 is 0.931 bits per heavy atom. The van der Waals surface area contributed by atoms with Crippen LogP contribution in [0.5, 0.6) is 0 Å². The Hall–Kier alpha value is -3.99. The van der Waals surface area contributed by atoms with Crippen molar-refractivity contribution in [3.8, 4) is 22.4 Å². The normalized spacial score (nSPS) is 11.2. The highest BCUT2D eigenvalue weighted by Gasteiger charge is 2.19. The van der Waals surface area contributed by atoms with Gasteiger partial charge in [-0.05, 0) is 34.9 Å². The summed E-state index contributed by atoms with van der Waals surface area (Å²) in [4.78, 5) is 16.0. The molecule has 0 unspecified atom stereocenters. The quantitative estimate of drug-likeness (QED) is 0.437. The Balaban J connectivity index is 1.88. The maximum absolute atomic E-state index is 11.7. The molecule has 5 heteroatoms. The summed E-state index contributed by atoms with van der Waals surface area (Å²) in [7, 11) is 0. The molecule has 0 saturated carbocycles. The van der Waals surface area contributed by atoms with E-state index in [1.54, 1.807) is 6.07 Å². The third-order valence-electron chi connectivity index (χ3n) is 5.16. The summed E-state index contributed by atoms with van der Waals surface area (Å²) in [5.74, 6) is -1.08. The zero-order chi connectivity index (χ0) is 20.0. The van der Waals surface area contributed by atoms with Crippen LogP contribution in [0.4, 0.5) is 0 Å². The summed E-state index contributed by atoms with van der Waals surface area (Å²) in [5.41, 5.74) is 5.09. The highest BCUT2D eigenvalue weighted by molar-refractivity contribution is 6.09. The highest BCUT2D eigenvalue weighted by atomic mass is 16.4. The van der Waals surface area contributed by atoms with Crippen LogP contribution in [-0.4, -0.2) is 26.3 Å². The molecule has 0 aliphatic heterocycles. The lowest BCUT2D eigenvalue weighted by Crippen LogP contribution is -2.01. The number of aryl methyl sites for hydroxylation is 1. The van der Waals surface area contributed by atoms with E-state index in [4.69, 9.17) is 0 Å². The predicted molar refractivity (Wildman–Crippen MR) is 114 cm³/mol. The smallest absolute Gasteiger partial charge is 0.354 e. The fourth-order valence-corrected chi connectivity index (χ4v) is 3.74. The number of carboxylic acids is 1. The lowest BCUT2D eigenvalue weighted by Gasteiger charge is -2.10. The molecule has 0 atom stereocenters. The minimum atomic E-state index is -1.08. The van der Waals surface area contributed by atoms with Gasteiger partial charge in [0.1, 0.15) is 0 Å². The zero-order valence-electron chi connectivity index (χ0n) is 15.7. The third kappa shape index (κ3) is 2.84. The lowest BCUT2D eigenvalue weighted by atomic mass is 9.94. The number of H-pyrrole nitrogens is 1. The molecule has 0 radical (unpaired) electrons. The Labute approximate surface area is 166 Å². The number of hydrogen-bond acceptors (Lipinski definition) is 3. The first-order valence-electron chi connectivity index (χ1n) is 9.29. The zero-order valence-corrected chi connectivity index (χ0v) is 15.7. The first-order chi connectivity index (χ1) is 14.1. The Kier molecular flexibility index (Phi) is 3.88. The second kappa shape index (κ2) is 6.56. The average molecular weight is 379 g/mol. The van der Waals surface area contributed by atoms with Gasteiger partial charge in [-0.2, -0.15) is 5.10 Å². The van der Waals surface area contributed by atoms with Crippen molar-refractivity contribution in [3.05, 3.63) is 84.1 Å². The van der Waals surface area contributed by atoms with Gasteiger partial charge >= 0.3 is 5.97 Å². The number of carbonyl (C=O) groups is 1. The van der Waals surface area contributed by atoms with Crippen molar-refractivity contribution in [1.82, 2.24) is 15.2 Å². The van der Waals surface area contributed by atoms with Crippen molar-refractivity contribution in [2.75, 3.05) is 0 Å². The summed E-state index contributed by atoms with van der Waals surface area (Å²) in [5, 5.41) is 19.9. The van der Waals surface area contributed by atoms with Gasteiger partial charge < -0.3 is 5.11 Å². The molecule has 0 amide bonds. The predicted octanol–water partition coefficient (Wildman–Crippen LogP) is 5.45. The van der Waals surface area contributed by atoms with Crippen LogP contribution in [0.3, 0.4) is 0 Å². The van der Waals surface area contributed by atoms with Crippen LogP contribution in [0.2, 0.25) is 0 Å². The van der Waals surface area contributed by atoms with Crippen LogP contribution < -0.4 is 0 Å². The molecule has 0 spiro atoms. The Morgan fingerprint density at radius 3 is 2.48 bits per heavy atom. The third-order valence-corrected chi connectivity index (χ3v) is 5.16. The van der Waals surface area contributed by atoms with Crippen molar-refractivity contribution in [3.63, 3.8) is 0 Å². The van der Waals surface area contributed by atoms with Crippen molar-refractivity contribution >= 4 is 27.8 Å².